The molecule has 1 aliphatic carbocycles. The fourth-order valence-corrected chi connectivity index (χ4v) is 3.31. The summed E-state index contributed by atoms with van der Waals surface area (Å²) in [6.45, 7) is 0.469. The molecule has 4 heteroatoms. The lowest BCUT2D eigenvalue weighted by atomic mass is 9.69. The van der Waals surface area contributed by atoms with Gasteiger partial charge in [0.25, 0.3) is 0 Å². The van der Waals surface area contributed by atoms with Crippen molar-refractivity contribution in [2.24, 2.45) is 5.73 Å². The van der Waals surface area contributed by atoms with Gasteiger partial charge in [-0.3, -0.25) is 0 Å². The first-order valence-electron chi connectivity index (χ1n) is 6.37. The summed E-state index contributed by atoms with van der Waals surface area (Å²) in [7, 11) is 1.58. The molecule has 2 rings (SSSR count). The van der Waals surface area contributed by atoms with Crippen molar-refractivity contribution in [1.82, 2.24) is 0 Å². The molecule has 1 aliphatic rings. The summed E-state index contributed by atoms with van der Waals surface area (Å²) in [5, 5.41) is 0. The Morgan fingerprint density at radius 1 is 1.33 bits per heavy atom. The van der Waals surface area contributed by atoms with E-state index in [4.69, 9.17) is 10.5 Å². The van der Waals surface area contributed by atoms with Gasteiger partial charge in [-0.05, 0) is 40.9 Å². The number of hydrogen-bond donors (Lipinski definition) is 1. The van der Waals surface area contributed by atoms with E-state index in [0.29, 0.717) is 22.3 Å². The SMILES string of the molecule is COc1ccc(Br)c(F)c1C1(CN)CCCCC1. The summed E-state index contributed by atoms with van der Waals surface area (Å²) < 4.78 is 20.3. The van der Waals surface area contributed by atoms with E-state index in [2.05, 4.69) is 15.9 Å². The number of ether oxygens (including phenoxy) is 1. The Labute approximate surface area is 116 Å². The van der Waals surface area contributed by atoms with Gasteiger partial charge in [0.2, 0.25) is 0 Å². The van der Waals surface area contributed by atoms with Crippen LogP contribution in [0.2, 0.25) is 0 Å². The lowest BCUT2D eigenvalue weighted by Gasteiger charge is -2.38. The number of hydrogen-bond acceptors (Lipinski definition) is 2. The average molecular weight is 316 g/mol. The Morgan fingerprint density at radius 3 is 2.56 bits per heavy atom. The van der Waals surface area contributed by atoms with Crippen molar-refractivity contribution in [1.29, 1.82) is 0 Å². The molecule has 0 heterocycles. The molecule has 2 N–H and O–H groups in total. The fourth-order valence-electron chi connectivity index (χ4n) is 2.98. The van der Waals surface area contributed by atoms with Gasteiger partial charge in [-0.25, -0.2) is 4.39 Å². The maximum Gasteiger partial charge on any atom is 0.144 e. The van der Waals surface area contributed by atoms with Crippen LogP contribution in [0, 0.1) is 5.82 Å². The number of halogens is 2. The van der Waals surface area contributed by atoms with Crippen LogP contribution < -0.4 is 10.5 Å². The van der Waals surface area contributed by atoms with Gasteiger partial charge in [0, 0.05) is 17.5 Å². The monoisotopic (exact) mass is 315 g/mol. The van der Waals surface area contributed by atoms with E-state index in [9.17, 15) is 4.39 Å². The van der Waals surface area contributed by atoms with Crippen molar-refractivity contribution in [3.63, 3.8) is 0 Å². The average Bonchev–Trinajstić information content (AvgIpc) is 2.42. The zero-order valence-corrected chi connectivity index (χ0v) is 12.2. The second-order valence-electron chi connectivity index (χ2n) is 4.98. The van der Waals surface area contributed by atoms with Gasteiger partial charge >= 0.3 is 0 Å². The molecule has 1 aromatic rings. The maximum atomic E-state index is 14.5. The molecule has 0 aromatic heterocycles. The van der Waals surface area contributed by atoms with Gasteiger partial charge in [0.1, 0.15) is 11.6 Å². The van der Waals surface area contributed by atoms with E-state index in [1.54, 1.807) is 13.2 Å². The highest BCUT2D eigenvalue weighted by Crippen LogP contribution is 2.45. The summed E-state index contributed by atoms with van der Waals surface area (Å²) in [6.07, 6.45) is 5.29. The summed E-state index contributed by atoms with van der Waals surface area (Å²) in [4.78, 5) is 0. The van der Waals surface area contributed by atoms with E-state index < -0.39 is 0 Å². The van der Waals surface area contributed by atoms with Crippen LogP contribution in [-0.2, 0) is 5.41 Å². The van der Waals surface area contributed by atoms with E-state index >= 15 is 0 Å². The van der Waals surface area contributed by atoms with Gasteiger partial charge in [0.15, 0.2) is 0 Å². The largest absolute Gasteiger partial charge is 0.496 e. The van der Waals surface area contributed by atoms with Crippen molar-refractivity contribution in [2.75, 3.05) is 13.7 Å². The van der Waals surface area contributed by atoms with Crippen LogP contribution in [0.25, 0.3) is 0 Å². The zero-order chi connectivity index (χ0) is 13.2. The summed E-state index contributed by atoms with van der Waals surface area (Å²) in [5.74, 6) is 0.393. The molecule has 0 unspecified atom stereocenters. The van der Waals surface area contributed by atoms with Crippen LogP contribution >= 0.6 is 15.9 Å². The predicted octanol–water partition coefficient (Wildman–Crippen LogP) is 3.76. The third-order valence-corrected chi connectivity index (χ3v) is 4.62. The minimum Gasteiger partial charge on any atom is -0.496 e. The van der Waals surface area contributed by atoms with Crippen molar-refractivity contribution >= 4 is 15.9 Å². The molecular formula is C14H19BrFNO. The summed E-state index contributed by atoms with van der Waals surface area (Å²) >= 11 is 3.26. The first-order chi connectivity index (χ1) is 8.64. The number of benzene rings is 1. The van der Waals surface area contributed by atoms with Gasteiger partial charge in [0.05, 0.1) is 11.6 Å². The number of methoxy groups -OCH3 is 1. The molecule has 1 aromatic carbocycles. The number of nitrogens with two attached hydrogens (primary N) is 1. The summed E-state index contributed by atoms with van der Waals surface area (Å²) in [6, 6.07) is 3.50. The van der Waals surface area contributed by atoms with E-state index in [1.165, 1.54) is 6.42 Å². The Bertz CT molecular complexity index is 430. The molecule has 0 spiro atoms. The van der Waals surface area contributed by atoms with Crippen LogP contribution in [0.1, 0.15) is 37.7 Å². The molecule has 0 aliphatic heterocycles. The molecule has 0 saturated heterocycles. The highest BCUT2D eigenvalue weighted by Gasteiger charge is 2.38. The first kappa shape index (κ1) is 13.8. The molecule has 0 bridgehead atoms. The maximum absolute atomic E-state index is 14.5. The third-order valence-electron chi connectivity index (χ3n) is 4.01. The van der Waals surface area contributed by atoms with E-state index in [-0.39, 0.29) is 11.2 Å². The Balaban J connectivity index is 2.56. The van der Waals surface area contributed by atoms with Crippen molar-refractivity contribution in [3.05, 3.63) is 28.0 Å². The summed E-state index contributed by atoms with van der Waals surface area (Å²) in [5.41, 5.74) is 6.36. The highest BCUT2D eigenvalue weighted by molar-refractivity contribution is 9.10. The standard InChI is InChI=1S/C14H19BrFNO/c1-18-11-6-5-10(15)13(16)12(11)14(9-17)7-3-2-4-8-14/h5-6H,2-4,7-9,17H2,1H3. The second-order valence-corrected chi connectivity index (χ2v) is 5.84. The quantitative estimate of drug-likeness (QED) is 0.921. The molecule has 0 radical (unpaired) electrons. The molecule has 1 fully saturated rings. The lowest BCUT2D eigenvalue weighted by molar-refractivity contribution is 0.277. The fraction of sp³-hybridized carbons (Fsp3) is 0.571. The Hall–Kier alpha value is -0.610. The molecule has 18 heavy (non-hydrogen) atoms. The van der Waals surface area contributed by atoms with E-state index in [0.717, 1.165) is 25.7 Å². The molecule has 2 nitrogen and oxygen atoms in total. The molecule has 1 saturated carbocycles. The zero-order valence-electron chi connectivity index (χ0n) is 10.6. The van der Waals surface area contributed by atoms with Crippen molar-refractivity contribution < 1.29 is 9.13 Å². The lowest BCUT2D eigenvalue weighted by Crippen LogP contribution is -2.38. The van der Waals surface area contributed by atoms with Gasteiger partial charge in [-0.1, -0.05) is 19.3 Å². The Kier molecular flexibility index (Phi) is 4.28. The van der Waals surface area contributed by atoms with Crippen LogP contribution in [0.3, 0.4) is 0 Å². The topological polar surface area (TPSA) is 35.2 Å². The minimum atomic E-state index is -0.266. The third kappa shape index (κ3) is 2.28. The van der Waals surface area contributed by atoms with Gasteiger partial charge < -0.3 is 10.5 Å². The van der Waals surface area contributed by atoms with Crippen molar-refractivity contribution in [2.45, 2.75) is 37.5 Å². The normalized spacial score (nSPS) is 18.7. The van der Waals surface area contributed by atoms with Crippen LogP contribution in [0.5, 0.6) is 5.75 Å². The predicted molar refractivity (Wildman–Crippen MR) is 74.5 cm³/mol. The molecule has 0 amide bonds. The molecular weight excluding hydrogens is 297 g/mol. The first-order valence-corrected chi connectivity index (χ1v) is 7.16. The van der Waals surface area contributed by atoms with Crippen LogP contribution in [-0.4, -0.2) is 13.7 Å². The van der Waals surface area contributed by atoms with E-state index in [1.807, 2.05) is 6.07 Å². The Morgan fingerprint density at radius 2 is 2.00 bits per heavy atom. The van der Waals surface area contributed by atoms with Crippen LogP contribution in [0.15, 0.2) is 16.6 Å². The molecule has 0 atom stereocenters. The van der Waals surface area contributed by atoms with Crippen LogP contribution in [0.4, 0.5) is 4.39 Å². The minimum absolute atomic E-state index is 0.221. The van der Waals surface area contributed by atoms with Gasteiger partial charge in [-0.2, -0.15) is 0 Å². The second kappa shape index (κ2) is 5.57. The number of rotatable bonds is 3. The van der Waals surface area contributed by atoms with Crippen molar-refractivity contribution in [3.8, 4) is 5.75 Å². The molecule has 100 valence electrons. The smallest absolute Gasteiger partial charge is 0.144 e. The highest BCUT2D eigenvalue weighted by atomic mass is 79.9. The van der Waals surface area contributed by atoms with Gasteiger partial charge in [-0.15, -0.1) is 0 Å².